The monoisotopic (exact) mass is 549 g/mol. The van der Waals surface area contributed by atoms with E-state index in [-0.39, 0.29) is 25.4 Å². The van der Waals surface area contributed by atoms with E-state index < -0.39 is 35.7 Å². The Hall–Kier alpha value is -3.95. The number of benzene rings is 3. The summed E-state index contributed by atoms with van der Waals surface area (Å²) in [6.45, 7) is 8.84. The fourth-order valence-electron chi connectivity index (χ4n) is 4.39. The maximum absolute atomic E-state index is 13.3. The van der Waals surface area contributed by atoms with Crippen molar-refractivity contribution in [1.29, 1.82) is 0 Å². The van der Waals surface area contributed by atoms with Gasteiger partial charge in [-0.2, -0.15) is 0 Å². The van der Waals surface area contributed by atoms with Crippen LogP contribution in [0.5, 0.6) is 0 Å². The Balaban J connectivity index is 1.84. The van der Waals surface area contributed by atoms with Crippen LogP contribution in [0.25, 0.3) is 21.9 Å². The van der Waals surface area contributed by atoms with Crippen LogP contribution in [-0.4, -0.2) is 64.0 Å². The minimum atomic E-state index is -1.64. The predicted octanol–water partition coefficient (Wildman–Crippen LogP) is 4.29. The molecule has 9 heteroatoms. The highest BCUT2D eigenvalue weighted by atomic mass is 16.6. The first-order valence-electron chi connectivity index (χ1n) is 13.4. The molecule has 0 heterocycles. The van der Waals surface area contributed by atoms with Gasteiger partial charge in [-0.25, -0.2) is 15.1 Å². The van der Waals surface area contributed by atoms with Crippen molar-refractivity contribution in [3.8, 4) is 11.1 Å². The number of amides is 3. The third-order valence-electron chi connectivity index (χ3n) is 6.16. The van der Waals surface area contributed by atoms with Crippen LogP contribution in [-0.2, 0) is 20.7 Å². The van der Waals surface area contributed by atoms with E-state index in [0.717, 1.165) is 27.5 Å². The first-order valence-corrected chi connectivity index (χ1v) is 13.4. The summed E-state index contributed by atoms with van der Waals surface area (Å²) >= 11 is 0. The Morgan fingerprint density at radius 3 is 2.20 bits per heavy atom. The topological polar surface area (TPSA) is 128 Å². The minimum absolute atomic E-state index is 0.0109. The summed E-state index contributed by atoms with van der Waals surface area (Å²) in [6.07, 6.45) is -1.47. The van der Waals surface area contributed by atoms with Crippen LogP contribution < -0.4 is 10.8 Å². The summed E-state index contributed by atoms with van der Waals surface area (Å²) in [4.78, 5) is 39.3. The van der Waals surface area contributed by atoms with E-state index in [1.807, 2.05) is 56.3 Å². The number of aliphatic hydroxyl groups excluding tert-OH is 1. The van der Waals surface area contributed by atoms with Crippen LogP contribution in [0.4, 0.5) is 4.79 Å². The van der Waals surface area contributed by atoms with Gasteiger partial charge in [-0.15, -0.1) is 0 Å². The van der Waals surface area contributed by atoms with Crippen LogP contribution in [0.3, 0.4) is 0 Å². The second-order valence-corrected chi connectivity index (χ2v) is 11.3. The molecule has 0 fully saturated rings. The number of esters is 1. The summed E-state index contributed by atoms with van der Waals surface area (Å²) in [5.74, 6) is -1.62. The van der Waals surface area contributed by atoms with Gasteiger partial charge in [-0.3, -0.25) is 10.0 Å². The Morgan fingerprint density at radius 2 is 1.57 bits per heavy atom. The summed E-state index contributed by atoms with van der Waals surface area (Å²) in [5.41, 5.74) is 3.55. The molecular weight excluding hydrogens is 510 g/mol. The summed E-state index contributed by atoms with van der Waals surface area (Å²) < 4.78 is 5.59. The molecule has 0 bridgehead atoms. The van der Waals surface area contributed by atoms with Gasteiger partial charge in [0.2, 0.25) is 0 Å². The number of ether oxygens (including phenoxy) is 1. The molecule has 0 aliphatic carbocycles. The summed E-state index contributed by atoms with van der Waals surface area (Å²) in [5, 5.41) is 23.9. The number of hydrogen-bond acceptors (Lipinski definition) is 6. The van der Waals surface area contributed by atoms with Crippen LogP contribution in [0.1, 0.15) is 40.2 Å². The van der Waals surface area contributed by atoms with E-state index in [1.54, 1.807) is 20.8 Å². The van der Waals surface area contributed by atoms with Gasteiger partial charge >= 0.3 is 12.0 Å². The fraction of sp³-hybridized carbons (Fsp3) is 0.387. The second-order valence-electron chi connectivity index (χ2n) is 11.3. The van der Waals surface area contributed by atoms with Crippen molar-refractivity contribution in [3.05, 3.63) is 72.3 Å². The number of nitrogens with zero attached hydrogens (tertiary/aromatic N) is 1. The Morgan fingerprint density at radius 1 is 0.925 bits per heavy atom. The highest BCUT2D eigenvalue weighted by Crippen LogP contribution is 2.29. The van der Waals surface area contributed by atoms with Gasteiger partial charge < -0.3 is 20.1 Å². The Kier molecular flexibility index (Phi) is 10.3. The third-order valence-corrected chi connectivity index (χ3v) is 6.16. The van der Waals surface area contributed by atoms with Crippen LogP contribution in [0.15, 0.2) is 66.7 Å². The molecule has 9 nitrogen and oxygen atoms in total. The summed E-state index contributed by atoms with van der Waals surface area (Å²) in [7, 11) is 0. The Bertz CT molecular complexity index is 1310. The number of nitrogens with one attached hydrogen (secondary N) is 2. The number of carbonyl (C=O) groups excluding carboxylic acids is 3. The number of hydroxylamine groups is 1. The van der Waals surface area contributed by atoms with Crippen molar-refractivity contribution < 1.29 is 29.4 Å². The van der Waals surface area contributed by atoms with Gasteiger partial charge in [0, 0.05) is 13.0 Å². The molecule has 3 amide bonds. The minimum Gasteiger partial charge on any atom is -0.458 e. The molecule has 3 aromatic carbocycles. The normalized spacial score (nSPS) is 13.0. The average molecular weight is 550 g/mol. The molecule has 4 N–H and O–H groups in total. The van der Waals surface area contributed by atoms with Crippen LogP contribution >= 0.6 is 0 Å². The maximum Gasteiger partial charge on any atom is 0.329 e. The number of hydrogen-bond donors (Lipinski definition) is 4. The van der Waals surface area contributed by atoms with Crippen LogP contribution in [0, 0.1) is 5.92 Å². The second kappa shape index (κ2) is 13.4. The SMILES string of the molecule is CC(C)CN(CC(O)C(=O)NO)C(=O)N[C@@H](Cc1ccc(-c2cccc3ccccc23)cc1)C(=O)OC(C)(C)C. The van der Waals surface area contributed by atoms with Crippen molar-refractivity contribution in [2.24, 2.45) is 5.92 Å². The molecule has 214 valence electrons. The molecular formula is C31H39N3O6. The number of carbonyl (C=O) groups is 3. The standard InChI is InChI=1S/C31H39N3O6/c1-20(2)18-34(19-27(35)28(36)33-39)30(38)32-26(29(37)40-31(3,4)5)17-21-13-15-23(16-14-21)25-12-8-10-22-9-6-7-11-24(22)25/h6-16,20,26-27,35,39H,17-19H2,1-5H3,(H,32,38)(H,33,36)/t26-,27?/m0/s1. The lowest BCUT2D eigenvalue weighted by Gasteiger charge is -2.30. The lowest BCUT2D eigenvalue weighted by molar-refractivity contribution is -0.157. The molecule has 2 atom stereocenters. The number of rotatable bonds is 10. The lowest BCUT2D eigenvalue weighted by Crippen LogP contribution is -2.53. The van der Waals surface area contributed by atoms with E-state index >= 15 is 0 Å². The molecule has 0 saturated heterocycles. The molecule has 1 unspecified atom stereocenters. The van der Waals surface area contributed by atoms with Crippen molar-refractivity contribution >= 4 is 28.7 Å². The van der Waals surface area contributed by atoms with Crippen molar-refractivity contribution in [2.75, 3.05) is 13.1 Å². The quantitative estimate of drug-likeness (QED) is 0.170. The van der Waals surface area contributed by atoms with Gasteiger partial charge in [-0.05, 0) is 54.2 Å². The molecule has 0 spiro atoms. The first-order chi connectivity index (χ1) is 18.9. The van der Waals surface area contributed by atoms with Crippen LogP contribution in [0.2, 0.25) is 0 Å². The van der Waals surface area contributed by atoms with Gasteiger partial charge in [-0.1, -0.05) is 80.6 Å². The largest absolute Gasteiger partial charge is 0.458 e. The molecule has 0 saturated carbocycles. The van der Waals surface area contributed by atoms with E-state index in [2.05, 4.69) is 29.6 Å². The van der Waals surface area contributed by atoms with Gasteiger partial charge in [0.1, 0.15) is 11.6 Å². The summed E-state index contributed by atoms with van der Waals surface area (Å²) in [6, 6.07) is 20.5. The highest BCUT2D eigenvalue weighted by Gasteiger charge is 2.30. The molecule has 0 aliphatic heterocycles. The fourth-order valence-corrected chi connectivity index (χ4v) is 4.39. The van der Waals surface area contributed by atoms with E-state index in [4.69, 9.17) is 9.94 Å². The van der Waals surface area contributed by atoms with Crippen molar-refractivity contribution in [1.82, 2.24) is 15.7 Å². The first kappa shape index (κ1) is 30.6. The molecule has 3 rings (SSSR count). The smallest absolute Gasteiger partial charge is 0.329 e. The van der Waals surface area contributed by atoms with E-state index in [0.29, 0.717) is 0 Å². The third kappa shape index (κ3) is 8.53. The zero-order valence-corrected chi connectivity index (χ0v) is 23.7. The molecule has 0 aliphatic rings. The zero-order valence-electron chi connectivity index (χ0n) is 23.7. The Labute approximate surface area is 235 Å². The number of fused-ring (bicyclic) bond motifs is 1. The predicted molar refractivity (Wildman–Crippen MR) is 154 cm³/mol. The zero-order chi connectivity index (χ0) is 29.4. The van der Waals surface area contributed by atoms with Gasteiger partial charge in [0.25, 0.3) is 5.91 Å². The average Bonchev–Trinajstić information content (AvgIpc) is 2.90. The highest BCUT2D eigenvalue weighted by molar-refractivity contribution is 5.96. The van der Waals surface area contributed by atoms with E-state index in [9.17, 15) is 19.5 Å². The van der Waals surface area contributed by atoms with Gasteiger partial charge in [0.15, 0.2) is 6.10 Å². The molecule has 3 aromatic rings. The van der Waals surface area contributed by atoms with Crippen molar-refractivity contribution in [3.63, 3.8) is 0 Å². The maximum atomic E-state index is 13.3. The molecule has 40 heavy (non-hydrogen) atoms. The molecule has 0 radical (unpaired) electrons. The van der Waals surface area contributed by atoms with Gasteiger partial charge in [0.05, 0.1) is 6.54 Å². The van der Waals surface area contributed by atoms with Crippen molar-refractivity contribution in [2.45, 2.75) is 58.8 Å². The lowest BCUT2D eigenvalue weighted by atomic mass is 9.96. The number of aliphatic hydroxyl groups is 1. The number of urea groups is 1. The van der Waals surface area contributed by atoms with E-state index in [1.165, 1.54) is 10.4 Å². The molecule has 0 aromatic heterocycles.